The molecule has 1 saturated heterocycles. The summed E-state index contributed by atoms with van der Waals surface area (Å²) >= 11 is 3.56. The van der Waals surface area contributed by atoms with E-state index >= 15 is 0 Å². The van der Waals surface area contributed by atoms with Crippen LogP contribution >= 0.6 is 15.9 Å². The first-order valence-electron chi connectivity index (χ1n) is 7.13. The van der Waals surface area contributed by atoms with Crippen molar-refractivity contribution in [3.05, 3.63) is 34.3 Å². The number of hydrogen-bond acceptors (Lipinski definition) is 4. The summed E-state index contributed by atoms with van der Waals surface area (Å²) in [6.45, 7) is 6.79. The van der Waals surface area contributed by atoms with Gasteiger partial charge in [-0.15, -0.1) is 0 Å². The zero-order valence-electron chi connectivity index (χ0n) is 11.9. The molecule has 2 unspecified atom stereocenters. The molecule has 1 fully saturated rings. The topological polar surface area (TPSA) is 44.7 Å². The van der Waals surface area contributed by atoms with Crippen LogP contribution in [0.3, 0.4) is 0 Å². The van der Waals surface area contributed by atoms with E-state index in [0.717, 1.165) is 30.8 Å². The highest BCUT2D eigenvalue weighted by molar-refractivity contribution is 9.10. The lowest BCUT2D eigenvalue weighted by Gasteiger charge is -2.29. The van der Waals surface area contributed by atoms with Crippen molar-refractivity contribution in [2.24, 2.45) is 0 Å². The molecular formula is C15H23BrN2O2. The molecule has 0 spiro atoms. The molecule has 0 radical (unpaired) electrons. The van der Waals surface area contributed by atoms with E-state index in [0.29, 0.717) is 13.1 Å². The van der Waals surface area contributed by atoms with Gasteiger partial charge in [-0.3, -0.25) is 4.90 Å². The van der Waals surface area contributed by atoms with Gasteiger partial charge in [0.15, 0.2) is 0 Å². The van der Waals surface area contributed by atoms with Crippen LogP contribution < -0.4 is 5.32 Å². The van der Waals surface area contributed by atoms with Crippen molar-refractivity contribution in [2.75, 3.05) is 39.4 Å². The predicted octanol–water partition coefficient (Wildman–Crippen LogP) is 1.79. The molecular weight excluding hydrogens is 320 g/mol. The molecule has 1 aliphatic heterocycles. The van der Waals surface area contributed by atoms with Gasteiger partial charge in [-0.25, -0.2) is 0 Å². The molecule has 1 aromatic rings. The lowest BCUT2D eigenvalue weighted by Crippen LogP contribution is -2.44. The van der Waals surface area contributed by atoms with Crippen molar-refractivity contribution in [1.82, 2.24) is 10.2 Å². The number of nitrogens with one attached hydrogen (secondary N) is 1. The Morgan fingerprint density at radius 1 is 1.35 bits per heavy atom. The number of rotatable bonds is 6. The second-order valence-corrected chi connectivity index (χ2v) is 6.07. The number of nitrogens with zero attached hydrogens (tertiary/aromatic N) is 1. The Bertz CT molecular complexity index is 411. The maximum Gasteiger partial charge on any atom is 0.0791 e. The highest BCUT2D eigenvalue weighted by Gasteiger charge is 2.16. The first-order valence-corrected chi connectivity index (χ1v) is 7.92. The average molecular weight is 343 g/mol. The molecule has 2 rings (SSSR count). The molecule has 0 aromatic heterocycles. The highest BCUT2D eigenvalue weighted by Crippen LogP contribution is 2.22. The third-order valence-electron chi connectivity index (χ3n) is 3.60. The van der Waals surface area contributed by atoms with Gasteiger partial charge < -0.3 is 15.2 Å². The molecule has 1 aromatic carbocycles. The SMILES string of the molecule is CC(NCC(O)CN1CCOCC1)c1ccccc1Br. The summed E-state index contributed by atoms with van der Waals surface area (Å²) < 4.78 is 6.41. The monoisotopic (exact) mass is 342 g/mol. The smallest absolute Gasteiger partial charge is 0.0791 e. The summed E-state index contributed by atoms with van der Waals surface area (Å²) in [4.78, 5) is 2.25. The van der Waals surface area contributed by atoms with E-state index in [9.17, 15) is 5.11 Å². The normalized spacial score (nSPS) is 19.8. The molecule has 1 aliphatic rings. The number of benzene rings is 1. The van der Waals surface area contributed by atoms with E-state index in [4.69, 9.17) is 4.74 Å². The molecule has 0 aliphatic carbocycles. The van der Waals surface area contributed by atoms with Gasteiger partial charge in [0, 0.05) is 36.7 Å². The molecule has 1 heterocycles. The van der Waals surface area contributed by atoms with Crippen LogP contribution in [0.2, 0.25) is 0 Å². The van der Waals surface area contributed by atoms with E-state index in [1.807, 2.05) is 18.2 Å². The lowest BCUT2D eigenvalue weighted by atomic mass is 10.1. The van der Waals surface area contributed by atoms with Gasteiger partial charge in [0.05, 0.1) is 19.3 Å². The number of halogens is 1. The number of morpholine rings is 1. The molecule has 2 N–H and O–H groups in total. The highest BCUT2D eigenvalue weighted by atomic mass is 79.9. The van der Waals surface area contributed by atoms with Gasteiger partial charge in [0.1, 0.15) is 0 Å². The number of ether oxygens (including phenoxy) is 1. The molecule has 5 heteroatoms. The Kier molecular flexibility index (Phi) is 6.45. The van der Waals surface area contributed by atoms with Crippen LogP contribution in [0.4, 0.5) is 0 Å². The van der Waals surface area contributed by atoms with Gasteiger partial charge in [-0.2, -0.15) is 0 Å². The Morgan fingerprint density at radius 2 is 2.05 bits per heavy atom. The number of β-amino-alcohol motifs (C(OH)–C–C–N with tert-alkyl or cyclic N) is 1. The zero-order chi connectivity index (χ0) is 14.4. The Balaban J connectivity index is 1.75. The van der Waals surface area contributed by atoms with Crippen LogP contribution in [0.15, 0.2) is 28.7 Å². The Labute approximate surface area is 129 Å². The van der Waals surface area contributed by atoms with Crippen molar-refractivity contribution in [3.8, 4) is 0 Å². The van der Waals surface area contributed by atoms with Crippen molar-refractivity contribution < 1.29 is 9.84 Å². The fraction of sp³-hybridized carbons (Fsp3) is 0.600. The Hall–Kier alpha value is -0.460. The van der Waals surface area contributed by atoms with Crippen LogP contribution in [-0.4, -0.2) is 55.5 Å². The van der Waals surface area contributed by atoms with E-state index in [2.05, 4.69) is 39.1 Å². The lowest BCUT2D eigenvalue weighted by molar-refractivity contribution is 0.0145. The quantitative estimate of drug-likeness (QED) is 0.827. The fourth-order valence-electron chi connectivity index (χ4n) is 2.40. The van der Waals surface area contributed by atoms with E-state index < -0.39 is 0 Å². The van der Waals surface area contributed by atoms with Gasteiger partial charge in [-0.1, -0.05) is 34.1 Å². The summed E-state index contributed by atoms with van der Waals surface area (Å²) in [5.41, 5.74) is 1.21. The standard InChI is InChI=1S/C15H23BrN2O2/c1-12(14-4-2-3-5-15(14)16)17-10-13(19)11-18-6-8-20-9-7-18/h2-5,12-13,17,19H,6-11H2,1H3. The van der Waals surface area contributed by atoms with E-state index in [1.54, 1.807) is 0 Å². The molecule has 4 nitrogen and oxygen atoms in total. The molecule has 112 valence electrons. The number of aliphatic hydroxyl groups excluding tert-OH is 1. The van der Waals surface area contributed by atoms with Crippen LogP contribution in [0.25, 0.3) is 0 Å². The third-order valence-corrected chi connectivity index (χ3v) is 4.33. The van der Waals surface area contributed by atoms with Gasteiger partial charge >= 0.3 is 0 Å². The summed E-state index contributed by atoms with van der Waals surface area (Å²) in [7, 11) is 0. The van der Waals surface area contributed by atoms with Crippen LogP contribution in [0.5, 0.6) is 0 Å². The van der Waals surface area contributed by atoms with Crippen molar-refractivity contribution in [2.45, 2.75) is 19.1 Å². The van der Waals surface area contributed by atoms with Crippen LogP contribution in [0.1, 0.15) is 18.5 Å². The van der Waals surface area contributed by atoms with E-state index in [1.165, 1.54) is 5.56 Å². The molecule has 0 saturated carbocycles. The minimum Gasteiger partial charge on any atom is -0.390 e. The summed E-state index contributed by atoms with van der Waals surface area (Å²) in [6, 6.07) is 8.38. The largest absolute Gasteiger partial charge is 0.390 e. The maximum absolute atomic E-state index is 10.1. The molecule has 0 amide bonds. The van der Waals surface area contributed by atoms with Crippen molar-refractivity contribution in [3.63, 3.8) is 0 Å². The summed E-state index contributed by atoms with van der Waals surface area (Å²) in [6.07, 6.45) is -0.349. The minimum absolute atomic E-state index is 0.213. The average Bonchev–Trinajstić information content (AvgIpc) is 2.46. The third kappa shape index (κ3) is 4.82. The van der Waals surface area contributed by atoms with Crippen LogP contribution in [0, 0.1) is 0 Å². The minimum atomic E-state index is -0.349. The molecule has 2 atom stereocenters. The maximum atomic E-state index is 10.1. The van der Waals surface area contributed by atoms with Gasteiger partial charge in [0.2, 0.25) is 0 Å². The molecule has 20 heavy (non-hydrogen) atoms. The summed E-state index contributed by atoms with van der Waals surface area (Å²) in [5.74, 6) is 0. The molecule has 0 bridgehead atoms. The van der Waals surface area contributed by atoms with Crippen molar-refractivity contribution >= 4 is 15.9 Å². The van der Waals surface area contributed by atoms with Gasteiger partial charge in [0.25, 0.3) is 0 Å². The first-order chi connectivity index (χ1) is 9.66. The van der Waals surface area contributed by atoms with Crippen molar-refractivity contribution in [1.29, 1.82) is 0 Å². The van der Waals surface area contributed by atoms with E-state index in [-0.39, 0.29) is 12.1 Å². The first kappa shape index (κ1) is 15.9. The number of hydrogen-bond donors (Lipinski definition) is 2. The van der Waals surface area contributed by atoms with Crippen LogP contribution in [-0.2, 0) is 4.74 Å². The second kappa shape index (κ2) is 8.10. The summed E-state index contributed by atoms with van der Waals surface area (Å²) in [5, 5.41) is 13.5. The zero-order valence-corrected chi connectivity index (χ0v) is 13.5. The fourth-order valence-corrected chi connectivity index (χ4v) is 3.02. The Morgan fingerprint density at radius 3 is 2.75 bits per heavy atom. The predicted molar refractivity (Wildman–Crippen MR) is 83.8 cm³/mol. The second-order valence-electron chi connectivity index (χ2n) is 5.22. The number of aliphatic hydroxyl groups is 1. The van der Waals surface area contributed by atoms with Gasteiger partial charge in [-0.05, 0) is 18.6 Å².